The Morgan fingerprint density at radius 2 is 2.19 bits per heavy atom. The van der Waals surface area contributed by atoms with Gasteiger partial charge in [-0.15, -0.1) is 0 Å². The fourth-order valence-corrected chi connectivity index (χ4v) is 2.64. The lowest BCUT2D eigenvalue weighted by atomic mass is 9.99. The number of aryl methyl sites for hydroxylation is 2. The summed E-state index contributed by atoms with van der Waals surface area (Å²) >= 11 is 0. The van der Waals surface area contributed by atoms with Gasteiger partial charge in [0.05, 0.1) is 5.69 Å². The number of carbonyl (C=O) groups excluding carboxylic acids is 1. The Morgan fingerprint density at radius 3 is 2.75 bits per heavy atom. The first-order valence-electron chi connectivity index (χ1n) is 6.16. The summed E-state index contributed by atoms with van der Waals surface area (Å²) in [4.78, 5) is 11.9. The first kappa shape index (κ1) is 11.4. The van der Waals surface area contributed by atoms with Crippen LogP contribution in [0, 0.1) is 12.8 Å². The predicted octanol–water partition coefficient (Wildman–Crippen LogP) is 2.42. The maximum atomic E-state index is 11.9. The van der Waals surface area contributed by atoms with Crippen LogP contribution < -0.4 is 0 Å². The number of ketones is 1. The molecule has 88 valence electrons. The monoisotopic (exact) mass is 220 g/mol. The average molecular weight is 220 g/mol. The molecule has 0 aromatic carbocycles. The molecule has 1 heterocycles. The van der Waals surface area contributed by atoms with Crippen LogP contribution in [0.1, 0.15) is 43.5 Å². The molecular weight excluding hydrogens is 200 g/mol. The van der Waals surface area contributed by atoms with Crippen LogP contribution in [-0.2, 0) is 18.3 Å². The molecule has 0 N–H and O–H groups in total. The van der Waals surface area contributed by atoms with E-state index < -0.39 is 0 Å². The average Bonchev–Trinajstić information content (AvgIpc) is 2.78. The molecule has 1 aromatic heterocycles. The minimum atomic E-state index is 0.370. The third-order valence-electron chi connectivity index (χ3n) is 3.47. The van der Waals surface area contributed by atoms with Crippen molar-refractivity contribution in [3.63, 3.8) is 0 Å². The Bertz CT molecular complexity index is 375. The molecule has 0 radical (unpaired) electrons. The van der Waals surface area contributed by atoms with Gasteiger partial charge in [0.15, 0.2) is 0 Å². The molecule has 3 nitrogen and oxygen atoms in total. The van der Waals surface area contributed by atoms with Crippen LogP contribution in [0.5, 0.6) is 0 Å². The van der Waals surface area contributed by atoms with Gasteiger partial charge in [-0.25, -0.2) is 0 Å². The van der Waals surface area contributed by atoms with Crippen molar-refractivity contribution in [1.82, 2.24) is 9.78 Å². The fraction of sp³-hybridized carbons (Fsp3) is 0.692. The van der Waals surface area contributed by atoms with Crippen LogP contribution in [0.25, 0.3) is 0 Å². The quantitative estimate of drug-likeness (QED) is 0.781. The van der Waals surface area contributed by atoms with E-state index in [0.717, 1.165) is 17.8 Å². The van der Waals surface area contributed by atoms with Crippen molar-refractivity contribution in [2.24, 2.45) is 13.0 Å². The summed E-state index contributed by atoms with van der Waals surface area (Å²) in [6.07, 6.45) is 6.43. The molecule has 1 aromatic rings. The minimum absolute atomic E-state index is 0.370. The van der Waals surface area contributed by atoms with Crippen molar-refractivity contribution < 1.29 is 4.79 Å². The van der Waals surface area contributed by atoms with E-state index in [1.807, 2.05) is 24.7 Å². The maximum absolute atomic E-state index is 11.9. The Labute approximate surface area is 96.8 Å². The Kier molecular flexibility index (Phi) is 3.42. The molecule has 0 atom stereocenters. The van der Waals surface area contributed by atoms with Crippen LogP contribution in [0.2, 0.25) is 0 Å². The van der Waals surface area contributed by atoms with Crippen LogP contribution in [0.15, 0.2) is 6.07 Å². The zero-order valence-corrected chi connectivity index (χ0v) is 10.2. The van der Waals surface area contributed by atoms with E-state index in [0.29, 0.717) is 18.1 Å². The van der Waals surface area contributed by atoms with E-state index in [1.165, 1.54) is 25.7 Å². The molecule has 0 saturated heterocycles. The largest absolute Gasteiger partial charge is 0.299 e. The van der Waals surface area contributed by atoms with Gasteiger partial charge in [0.2, 0.25) is 0 Å². The SMILES string of the molecule is Cc1cc(CC(=O)CC2CCCC2)n(C)n1. The number of hydrogen-bond donors (Lipinski definition) is 0. The van der Waals surface area contributed by atoms with Crippen LogP contribution in [0.4, 0.5) is 0 Å². The maximum Gasteiger partial charge on any atom is 0.139 e. The smallest absolute Gasteiger partial charge is 0.139 e. The highest BCUT2D eigenvalue weighted by molar-refractivity contribution is 5.80. The van der Waals surface area contributed by atoms with Gasteiger partial charge in [-0.05, 0) is 18.9 Å². The second kappa shape index (κ2) is 4.81. The molecule has 0 aliphatic heterocycles. The molecule has 0 amide bonds. The van der Waals surface area contributed by atoms with E-state index in [9.17, 15) is 4.79 Å². The van der Waals surface area contributed by atoms with E-state index >= 15 is 0 Å². The summed E-state index contributed by atoms with van der Waals surface area (Å²) in [6.45, 7) is 1.96. The molecule has 1 aliphatic rings. The second-order valence-corrected chi connectivity index (χ2v) is 4.97. The first-order valence-corrected chi connectivity index (χ1v) is 6.16. The Morgan fingerprint density at radius 1 is 1.50 bits per heavy atom. The number of Topliss-reactive ketones (excluding diaryl/α,β-unsaturated/α-hetero) is 1. The molecule has 1 fully saturated rings. The van der Waals surface area contributed by atoms with Crippen LogP contribution in [0.3, 0.4) is 0 Å². The van der Waals surface area contributed by atoms with E-state index in [4.69, 9.17) is 0 Å². The Balaban J connectivity index is 1.89. The lowest BCUT2D eigenvalue weighted by Gasteiger charge is -2.07. The van der Waals surface area contributed by atoms with Crippen LogP contribution >= 0.6 is 0 Å². The van der Waals surface area contributed by atoms with Gasteiger partial charge in [-0.2, -0.15) is 5.10 Å². The van der Waals surface area contributed by atoms with Crippen LogP contribution in [-0.4, -0.2) is 15.6 Å². The number of carbonyl (C=O) groups is 1. The third kappa shape index (κ3) is 2.71. The van der Waals surface area contributed by atoms with Crippen molar-refractivity contribution in [2.45, 2.75) is 45.4 Å². The van der Waals surface area contributed by atoms with E-state index in [2.05, 4.69) is 5.10 Å². The van der Waals surface area contributed by atoms with Gasteiger partial charge in [0, 0.05) is 25.6 Å². The first-order chi connectivity index (χ1) is 7.65. The van der Waals surface area contributed by atoms with Crippen molar-refractivity contribution in [3.8, 4) is 0 Å². The lowest BCUT2D eigenvalue weighted by Crippen LogP contribution is -2.11. The highest BCUT2D eigenvalue weighted by Gasteiger charge is 2.19. The molecule has 0 bridgehead atoms. The van der Waals surface area contributed by atoms with E-state index in [1.54, 1.807) is 0 Å². The summed E-state index contributed by atoms with van der Waals surface area (Å²) < 4.78 is 1.82. The molecule has 3 heteroatoms. The number of aromatic nitrogens is 2. The van der Waals surface area contributed by atoms with E-state index in [-0.39, 0.29) is 0 Å². The normalized spacial score (nSPS) is 16.9. The zero-order valence-electron chi connectivity index (χ0n) is 10.2. The van der Waals surface area contributed by atoms with Gasteiger partial charge < -0.3 is 0 Å². The molecule has 16 heavy (non-hydrogen) atoms. The van der Waals surface area contributed by atoms with Crippen molar-refractivity contribution >= 4 is 5.78 Å². The van der Waals surface area contributed by atoms with Gasteiger partial charge in [-0.3, -0.25) is 9.48 Å². The second-order valence-electron chi connectivity index (χ2n) is 4.97. The fourth-order valence-electron chi connectivity index (χ4n) is 2.64. The molecule has 0 unspecified atom stereocenters. The highest BCUT2D eigenvalue weighted by atomic mass is 16.1. The third-order valence-corrected chi connectivity index (χ3v) is 3.47. The molecular formula is C13H20N2O. The molecule has 2 rings (SSSR count). The standard InChI is InChI=1S/C13H20N2O/c1-10-7-12(15(2)14-10)9-13(16)8-11-5-3-4-6-11/h7,11H,3-6,8-9H2,1-2H3. The molecule has 0 spiro atoms. The molecule has 1 saturated carbocycles. The summed E-state index contributed by atoms with van der Waals surface area (Å²) in [5.74, 6) is 1.02. The zero-order chi connectivity index (χ0) is 11.5. The van der Waals surface area contributed by atoms with Gasteiger partial charge in [0.25, 0.3) is 0 Å². The number of nitrogens with zero attached hydrogens (tertiary/aromatic N) is 2. The summed E-state index contributed by atoms with van der Waals surface area (Å²) in [6, 6.07) is 2.01. The lowest BCUT2D eigenvalue weighted by molar-refractivity contribution is -0.119. The van der Waals surface area contributed by atoms with Gasteiger partial charge >= 0.3 is 0 Å². The number of rotatable bonds is 4. The summed E-state index contributed by atoms with van der Waals surface area (Å²) in [5.41, 5.74) is 2.03. The topological polar surface area (TPSA) is 34.9 Å². The number of hydrogen-bond acceptors (Lipinski definition) is 2. The minimum Gasteiger partial charge on any atom is -0.299 e. The molecule has 1 aliphatic carbocycles. The predicted molar refractivity (Wildman–Crippen MR) is 63.2 cm³/mol. The highest BCUT2D eigenvalue weighted by Crippen LogP contribution is 2.28. The summed E-state index contributed by atoms with van der Waals surface area (Å²) in [7, 11) is 1.91. The van der Waals surface area contributed by atoms with Gasteiger partial charge in [0.1, 0.15) is 5.78 Å². The van der Waals surface area contributed by atoms with Crippen molar-refractivity contribution in [3.05, 3.63) is 17.5 Å². The summed E-state index contributed by atoms with van der Waals surface area (Å²) in [5, 5.41) is 4.26. The van der Waals surface area contributed by atoms with Gasteiger partial charge in [-0.1, -0.05) is 25.7 Å². The van der Waals surface area contributed by atoms with Crippen molar-refractivity contribution in [2.75, 3.05) is 0 Å². The Hall–Kier alpha value is -1.12. The van der Waals surface area contributed by atoms with Crippen molar-refractivity contribution in [1.29, 1.82) is 0 Å².